The molecular formula is C54H32N4O2P2S2. The quantitative estimate of drug-likeness (QED) is 0.162. The van der Waals surface area contributed by atoms with Crippen molar-refractivity contribution in [3.05, 3.63) is 194 Å². The Morgan fingerprint density at radius 3 is 0.734 bits per heavy atom. The summed E-state index contributed by atoms with van der Waals surface area (Å²) in [4.78, 5) is 9.91. The van der Waals surface area contributed by atoms with E-state index >= 15 is 0 Å². The first-order valence-electron chi connectivity index (χ1n) is 21.3. The molecule has 6 aliphatic rings. The minimum Gasteiger partial charge on any atom is -0.456 e. The molecule has 6 nitrogen and oxygen atoms in total. The number of fused-ring (bicyclic) bond motifs is 2. The predicted molar refractivity (Wildman–Crippen MR) is 272 cm³/mol. The molecule has 15 rings (SSSR count). The van der Waals surface area contributed by atoms with Crippen LogP contribution in [0.15, 0.2) is 194 Å². The standard InChI is InChI=1S/C54H32N4O2P2S2/c63-61-49-37-25-13-29-41(49)59-42-30-15-27-39(50(42)61)57(35-21-9-3-10-22-35)47-48-54-46(45(53(47)61)55(37)33-17-5-1-6-18-33)56(34-19-7-2-8-20-34)38-26-14-31-43-51(38)62(54,64)52-40(28-16-32-44(52)60-43)58(48)36-23-11-4-12-24-36/h1-32H. The van der Waals surface area contributed by atoms with Gasteiger partial charge in [0.05, 0.1) is 78.8 Å². The fourth-order valence-electron chi connectivity index (χ4n) is 11.2. The van der Waals surface area contributed by atoms with Crippen LogP contribution in [-0.2, 0) is 23.6 Å². The summed E-state index contributed by atoms with van der Waals surface area (Å²) in [5.74, 6) is 3.24. The molecule has 0 bridgehead atoms. The molecule has 0 amide bonds. The Hall–Kier alpha value is -6.92. The summed E-state index contributed by atoms with van der Waals surface area (Å²) in [6.07, 6.45) is 0. The second kappa shape index (κ2) is 12.4. The fraction of sp³-hybridized carbons (Fsp3) is 0. The van der Waals surface area contributed by atoms with E-state index in [9.17, 15) is 0 Å². The molecule has 64 heavy (non-hydrogen) atoms. The van der Waals surface area contributed by atoms with Gasteiger partial charge in [0.15, 0.2) is 0 Å². The number of nitrogens with zero attached hydrogens (tertiary/aromatic N) is 4. The SMILES string of the molecule is S=P12c3c4cccc3N(c3ccccc3)c3c5c6c(c(c31)N(c1ccccc1)c1cccc(c12)O4)N(c1ccccc1)c1cccc2c1P6(=S)c1c(cccc1N5c1ccccc1)O2. The molecule has 0 saturated heterocycles. The maximum Gasteiger partial charge on any atom is 0.138 e. The van der Waals surface area contributed by atoms with Gasteiger partial charge in [0.25, 0.3) is 0 Å². The van der Waals surface area contributed by atoms with Gasteiger partial charge < -0.3 is 29.1 Å². The molecule has 6 heterocycles. The molecule has 0 radical (unpaired) electrons. The van der Waals surface area contributed by atoms with Gasteiger partial charge >= 0.3 is 0 Å². The topological polar surface area (TPSA) is 31.4 Å². The number of ether oxygens (including phenoxy) is 2. The highest BCUT2D eigenvalue weighted by molar-refractivity contribution is 8.27. The Bertz CT molecular complexity index is 3200. The van der Waals surface area contributed by atoms with Gasteiger partial charge in [-0.2, -0.15) is 0 Å². The molecule has 302 valence electrons. The van der Waals surface area contributed by atoms with E-state index in [-0.39, 0.29) is 0 Å². The van der Waals surface area contributed by atoms with Crippen molar-refractivity contribution in [2.24, 2.45) is 0 Å². The van der Waals surface area contributed by atoms with E-state index in [0.717, 1.165) is 123 Å². The van der Waals surface area contributed by atoms with Crippen LogP contribution in [-0.4, -0.2) is 0 Å². The molecule has 0 saturated carbocycles. The van der Waals surface area contributed by atoms with Crippen molar-refractivity contribution < 1.29 is 9.47 Å². The number of hydrogen-bond acceptors (Lipinski definition) is 8. The van der Waals surface area contributed by atoms with E-state index in [1.165, 1.54) is 0 Å². The zero-order valence-corrected chi connectivity index (χ0v) is 37.2. The lowest BCUT2D eigenvalue weighted by Gasteiger charge is -2.55. The van der Waals surface area contributed by atoms with Crippen molar-refractivity contribution in [2.45, 2.75) is 0 Å². The molecule has 6 aliphatic heterocycles. The van der Waals surface area contributed by atoms with E-state index < -0.39 is 12.1 Å². The average molecular weight is 895 g/mol. The molecular weight excluding hydrogens is 863 g/mol. The van der Waals surface area contributed by atoms with Gasteiger partial charge in [0.2, 0.25) is 0 Å². The van der Waals surface area contributed by atoms with Crippen LogP contribution in [0.2, 0.25) is 0 Å². The summed E-state index contributed by atoms with van der Waals surface area (Å²) in [6.45, 7) is 0. The molecule has 0 N–H and O–H groups in total. The van der Waals surface area contributed by atoms with E-state index in [0.29, 0.717) is 0 Å². The van der Waals surface area contributed by atoms with Crippen LogP contribution in [0.25, 0.3) is 0 Å². The highest BCUT2D eigenvalue weighted by Crippen LogP contribution is 2.74. The predicted octanol–water partition coefficient (Wildman–Crippen LogP) is 12.5. The number of benzene rings is 9. The van der Waals surface area contributed by atoms with E-state index in [1.807, 2.05) is 0 Å². The average Bonchev–Trinajstić information content (AvgIpc) is 3.33. The van der Waals surface area contributed by atoms with Gasteiger partial charge in [-0.1, -0.05) is 121 Å². The molecule has 9 aromatic rings. The third-order valence-electron chi connectivity index (χ3n) is 13.5. The Morgan fingerprint density at radius 2 is 0.500 bits per heavy atom. The van der Waals surface area contributed by atoms with Gasteiger partial charge in [-0.3, -0.25) is 0 Å². The third kappa shape index (κ3) is 4.15. The Labute approximate surface area is 379 Å². The number of rotatable bonds is 4. The molecule has 10 heteroatoms. The van der Waals surface area contributed by atoms with Crippen molar-refractivity contribution in [1.82, 2.24) is 0 Å². The van der Waals surface area contributed by atoms with Crippen molar-refractivity contribution in [2.75, 3.05) is 19.6 Å². The van der Waals surface area contributed by atoms with Crippen molar-refractivity contribution in [3.63, 3.8) is 0 Å². The molecule has 0 aliphatic carbocycles. The van der Waals surface area contributed by atoms with Crippen molar-refractivity contribution in [1.29, 1.82) is 0 Å². The first kappa shape index (κ1) is 35.5. The lowest BCUT2D eigenvalue weighted by molar-refractivity contribution is 0.488. The minimum atomic E-state index is -2.98. The van der Waals surface area contributed by atoms with Crippen LogP contribution in [0.4, 0.5) is 68.2 Å². The monoisotopic (exact) mass is 894 g/mol. The van der Waals surface area contributed by atoms with Gasteiger partial charge in [-0.25, -0.2) is 0 Å². The van der Waals surface area contributed by atoms with Crippen LogP contribution in [0.3, 0.4) is 0 Å². The van der Waals surface area contributed by atoms with Crippen molar-refractivity contribution >= 4 is 136 Å². The highest BCUT2D eigenvalue weighted by Gasteiger charge is 2.59. The minimum absolute atomic E-state index is 0.809. The summed E-state index contributed by atoms with van der Waals surface area (Å²) in [6, 6.07) is 63.0. The summed E-state index contributed by atoms with van der Waals surface area (Å²) in [5, 5.41) is 6.56. The lowest BCUT2D eigenvalue weighted by Crippen LogP contribution is -2.51. The second-order valence-electron chi connectivity index (χ2n) is 16.7. The van der Waals surface area contributed by atoms with E-state index in [2.05, 4.69) is 214 Å². The molecule has 0 spiro atoms. The Balaban J connectivity index is 1.26. The molecule has 0 unspecified atom stereocenters. The third-order valence-corrected chi connectivity index (χ3v) is 23.2. The molecule has 0 atom stereocenters. The second-order valence-corrected chi connectivity index (χ2v) is 25.1. The van der Waals surface area contributed by atoms with Gasteiger partial charge in [-0.05, 0) is 97.1 Å². The number of hydrogen-bond donors (Lipinski definition) is 0. The normalized spacial score (nSPS) is 16.0. The first-order valence-corrected chi connectivity index (χ1v) is 26.9. The van der Waals surface area contributed by atoms with Crippen LogP contribution in [0.5, 0.6) is 23.0 Å². The number of para-hydroxylation sites is 4. The van der Waals surface area contributed by atoms with Gasteiger partial charge in [0.1, 0.15) is 23.0 Å². The molecule has 0 aromatic heterocycles. The first-order chi connectivity index (χ1) is 31.6. The maximum absolute atomic E-state index is 7.68. The smallest absolute Gasteiger partial charge is 0.138 e. The summed E-state index contributed by atoms with van der Waals surface area (Å²) < 4.78 is 14.1. The fourth-order valence-corrected chi connectivity index (χ4v) is 21.6. The summed E-state index contributed by atoms with van der Waals surface area (Å²) in [7, 11) is 0. The van der Waals surface area contributed by atoms with E-state index in [1.54, 1.807) is 0 Å². The zero-order chi connectivity index (χ0) is 42.1. The number of anilines is 12. The largest absolute Gasteiger partial charge is 0.456 e. The van der Waals surface area contributed by atoms with Crippen LogP contribution in [0, 0.1) is 0 Å². The molecule has 9 aromatic carbocycles. The Morgan fingerprint density at radius 1 is 0.266 bits per heavy atom. The van der Waals surface area contributed by atoms with Crippen LogP contribution < -0.4 is 60.9 Å². The zero-order valence-electron chi connectivity index (χ0n) is 33.8. The van der Waals surface area contributed by atoms with Crippen molar-refractivity contribution in [3.8, 4) is 23.0 Å². The van der Waals surface area contributed by atoms with Gasteiger partial charge in [0, 0.05) is 33.4 Å². The summed E-state index contributed by atoms with van der Waals surface area (Å²) >= 11 is 15.4. The summed E-state index contributed by atoms with van der Waals surface area (Å²) in [5.41, 5.74) is 12.5. The van der Waals surface area contributed by atoms with Crippen LogP contribution >= 0.6 is 12.1 Å². The Kier molecular flexibility index (Phi) is 6.89. The molecule has 0 fully saturated rings. The van der Waals surface area contributed by atoms with Gasteiger partial charge in [-0.15, -0.1) is 0 Å². The maximum atomic E-state index is 7.68. The highest BCUT2D eigenvalue weighted by atomic mass is 32.4. The van der Waals surface area contributed by atoms with Crippen LogP contribution in [0.1, 0.15) is 0 Å². The lowest BCUT2D eigenvalue weighted by atomic mass is 10.0. The van der Waals surface area contributed by atoms with E-state index in [4.69, 9.17) is 33.1 Å².